The van der Waals surface area contributed by atoms with E-state index in [1.165, 1.54) is 0 Å². The molecule has 0 fully saturated rings. The van der Waals surface area contributed by atoms with E-state index in [1.54, 1.807) is 30.3 Å². The Hall–Kier alpha value is -0.869. The molecule has 0 bridgehead atoms. The van der Waals surface area contributed by atoms with Crippen molar-refractivity contribution in [1.82, 2.24) is 0 Å². The van der Waals surface area contributed by atoms with Crippen LogP contribution in [0.4, 0.5) is 18.6 Å². The van der Waals surface area contributed by atoms with Gasteiger partial charge in [0.15, 0.2) is 5.75 Å². The third-order valence-electron chi connectivity index (χ3n) is 2.80. The van der Waals surface area contributed by atoms with Crippen molar-refractivity contribution in [3.63, 3.8) is 0 Å². The van der Waals surface area contributed by atoms with Crippen molar-refractivity contribution in [2.24, 2.45) is 0 Å². The van der Waals surface area contributed by atoms with Crippen molar-refractivity contribution < 1.29 is 74.0 Å². The Balaban J connectivity index is 0.00000242. The maximum Gasteiger partial charge on any atom is 1.00 e. The van der Waals surface area contributed by atoms with Crippen molar-refractivity contribution >= 4 is 18.1 Å². The Morgan fingerprint density at radius 2 is 1.68 bits per heavy atom. The summed E-state index contributed by atoms with van der Waals surface area (Å²) in [5.74, 6) is -0.737. The zero-order valence-corrected chi connectivity index (χ0v) is 14.8. The maximum atomic E-state index is 13.0. The van der Waals surface area contributed by atoms with Gasteiger partial charge in [0.2, 0.25) is 0 Å². The average Bonchev–Trinajstić information content (AvgIpc) is 2.44. The molecule has 4 nitrogen and oxygen atoms in total. The summed E-state index contributed by atoms with van der Waals surface area (Å²) < 4.78 is 44.0. The van der Waals surface area contributed by atoms with Crippen LogP contribution >= 0.6 is 0 Å². The van der Waals surface area contributed by atoms with Crippen LogP contribution in [0.5, 0.6) is 5.75 Å². The minimum absolute atomic E-state index is 0. The molecule has 0 radical (unpaired) electrons. The van der Waals surface area contributed by atoms with E-state index in [4.69, 9.17) is 4.74 Å². The van der Waals surface area contributed by atoms with Gasteiger partial charge in [-0.05, 0) is 5.56 Å². The van der Waals surface area contributed by atoms with Crippen molar-refractivity contribution in [2.75, 3.05) is 0 Å². The smallest absolute Gasteiger partial charge is 0.485 e. The Morgan fingerprint density at radius 3 is 2.23 bits per heavy atom. The van der Waals surface area contributed by atoms with Gasteiger partial charge in [0.05, 0.1) is 4.92 Å². The van der Waals surface area contributed by atoms with Gasteiger partial charge < -0.3 is 17.7 Å². The zero-order valence-electron chi connectivity index (χ0n) is 11.7. The fourth-order valence-corrected chi connectivity index (χ4v) is 1.83. The third-order valence-corrected chi connectivity index (χ3v) is 2.80. The Bertz CT molecular complexity index is 653. The first-order valence-corrected chi connectivity index (χ1v) is 6.03. The number of halogens is 3. The molecule has 0 saturated heterocycles. The van der Waals surface area contributed by atoms with Gasteiger partial charge in [-0.2, -0.15) is 0 Å². The molecule has 0 aromatic heterocycles. The summed E-state index contributed by atoms with van der Waals surface area (Å²) in [5.41, 5.74) is -1.17. The molecule has 0 aliphatic carbocycles. The summed E-state index contributed by atoms with van der Waals surface area (Å²) in [5, 5.41) is 10.9. The number of para-hydroxylation sites is 1. The molecule has 110 valence electrons. The maximum absolute atomic E-state index is 13.0. The van der Waals surface area contributed by atoms with Crippen LogP contribution in [0.2, 0.25) is 0 Å². The van der Waals surface area contributed by atoms with Crippen LogP contribution in [0.25, 0.3) is 0 Å². The van der Waals surface area contributed by atoms with Crippen molar-refractivity contribution in [2.45, 2.75) is 6.61 Å². The van der Waals surface area contributed by atoms with Gasteiger partial charge in [0.25, 0.3) is 0 Å². The van der Waals surface area contributed by atoms with Crippen LogP contribution < -0.4 is 61.6 Å². The van der Waals surface area contributed by atoms with E-state index >= 15 is 0 Å². The summed E-state index contributed by atoms with van der Waals surface area (Å²) in [6.07, 6.45) is 0. The molecule has 9 heteroatoms. The molecule has 0 amide bonds. The number of nitrogens with zero attached hydrogens (tertiary/aromatic N) is 1. The molecule has 2 aromatic rings. The first-order chi connectivity index (χ1) is 9.89. The monoisotopic (exact) mass is 335 g/mol. The van der Waals surface area contributed by atoms with Crippen LogP contribution in [-0.2, 0) is 6.61 Å². The van der Waals surface area contributed by atoms with Gasteiger partial charge in [-0.15, -0.1) is 0 Å². The van der Waals surface area contributed by atoms with Crippen molar-refractivity contribution in [3.8, 4) is 5.75 Å². The molecule has 2 rings (SSSR count). The minimum atomic E-state index is -5.40. The molecule has 0 heterocycles. The minimum Gasteiger partial charge on any atom is -0.485 e. The quantitative estimate of drug-likeness (QED) is 0.447. The molecular weight excluding hydrogens is 325 g/mol. The second-order valence-electron chi connectivity index (χ2n) is 4.30. The number of rotatable bonds is 5. The molecule has 0 atom stereocenters. The second-order valence-corrected chi connectivity index (χ2v) is 4.30. The van der Waals surface area contributed by atoms with Crippen LogP contribution in [0.15, 0.2) is 48.5 Å². The number of hydrogen-bond donors (Lipinski definition) is 0. The molecular formula is C13H10BF3KNO3. The number of ether oxygens (including phenoxy) is 1. The molecule has 0 aliphatic heterocycles. The van der Waals surface area contributed by atoms with Crippen molar-refractivity contribution in [3.05, 3.63) is 64.2 Å². The van der Waals surface area contributed by atoms with E-state index in [-0.39, 0.29) is 58.0 Å². The average molecular weight is 335 g/mol. The van der Waals surface area contributed by atoms with Crippen LogP contribution in [0.3, 0.4) is 0 Å². The number of benzene rings is 2. The first kappa shape index (κ1) is 19.2. The predicted octanol–water partition coefficient (Wildman–Crippen LogP) is 0.232. The van der Waals surface area contributed by atoms with Crippen molar-refractivity contribution in [1.29, 1.82) is 0 Å². The van der Waals surface area contributed by atoms with Crippen LogP contribution in [0.1, 0.15) is 5.56 Å². The van der Waals surface area contributed by atoms with Gasteiger partial charge in [0.1, 0.15) is 6.61 Å². The number of nitro groups is 1. The Labute approximate surface area is 167 Å². The number of nitro benzene ring substituents is 1. The summed E-state index contributed by atoms with van der Waals surface area (Å²) in [4.78, 5) is 9.99. The van der Waals surface area contributed by atoms with E-state index in [2.05, 4.69) is 0 Å². The number of hydrogen-bond acceptors (Lipinski definition) is 3. The first-order valence-electron chi connectivity index (χ1n) is 6.03. The van der Waals surface area contributed by atoms with E-state index in [9.17, 15) is 23.1 Å². The summed E-state index contributed by atoms with van der Waals surface area (Å²) in [6, 6.07) is 11.2. The summed E-state index contributed by atoms with van der Waals surface area (Å²) in [7, 11) is 0. The van der Waals surface area contributed by atoms with E-state index in [0.29, 0.717) is 5.56 Å². The SMILES string of the molecule is O=[N+]([O-])c1cccc([B-](F)(F)F)c1OCc1ccccc1.[K+]. The largest absolute Gasteiger partial charge is 1.00 e. The summed E-state index contributed by atoms with van der Waals surface area (Å²) >= 11 is 0. The third kappa shape index (κ3) is 4.82. The predicted molar refractivity (Wildman–Crippen MR) is 72.6 cm³/mol. The molecule has 2 aromatic carbocycles. The van der Waals surface area contributed by atoms with Crippen LogP contribution in [-0.4, -0.2) is 11.9 Å². The van der Waals surface area contributed by atoms with Gasteiger partial charge in [-0.25, -0.2) is 0 Å². The Morgan fingerprint density at radius 1 is 1.05 bits per heavy atom. The Kier molecular flexibility index (Phi) is 7.07. The molecule has 0 N–H and O–H groups in total. The van der Waals surface area contributed by atoms with Gasteiger partial charge in [0, 0.05) is 6.07 Å². The molecule has 0 saturated carbocycles. The van der Waals surface area contributed by atoms with E-state index < -0.39 is 28.8 Å². The molecule has 0 aliphatic rings. The normalized spacial score (nSPS) is 10.7. The van der Waals surface area contributed by atoms with Gasteiger partial charge in [-0.1, -0.05) is 47.9 Å². The molecule has 22 heavy (non-hydrogen) atoms. The fraction of sp³-hybridized carbons (Fsp3) is 0.0769. The fourth-order valence-electron chi connectivity index (χ4n) is 1.83. The molecule has 0 spiro atoms. The van der Waals surface area contributed by atoms with Gasteiger partial charge >= 0.3 is 64.0 Å². The van der Waals surface area contributed by atoms with E-state index in [1.807, 2.05) is 0 Å². The van der Waals surface area contributed by atoms with E-state index in [0.717, 1.165) is 18.2 Å². The second kappa shape index (κ2) is 8.12. The van der Waals surface area contributed by atoms with Gasteiger partial charge in [-0.3, -0.25) is 10.1 Å². The molecule has 0 unspecified atom stereocenters. The topological polar surface area (TPSA) is 52.4 Å². The zero-order chi connectivity index (χ0) is 15.5. The standard InChI is InChI=1S/C13H10BF3NO3.K/c15-14(16,17)11-7-4-8-12(18(19)20)13(11)21-9-10-5-2-1-3-6-10;/h1-8H,9H2;/q-1;+1. The van der Waals surface area contributed by atoms with Crippen LogP contribution in [0, 0.1) is 10.1 Å². The summed E-state index contributed by atoms with van der Waals surface area (Å²) in [6.45, 7) is -5.57.